The summed E-state index contributed by atoms with van der Waals surface area (Å²) in [7, 11) is 3.28. The Morgan fingerprint density at radius 2 is 2.03 bits per heavy atom. The number of carboxylic acid groups (broad SMARTS) is 1. The molecular formula is C21H29N3O5. The third-order valence-corrected chi connectivity index (χ3v) is 6.01. The molecule has 3 N–H and O–H groups in total. The van der Waals surface area contributed by atoms with E-state index in [1.165, 1.54) is 5.56 Å². The smallest absolute Gasteiger partial charge is 0.303 e. The van der Waals surface area contributed by atoms with Gasteiger partial charge in [0.05, 0.1) is 20.6 Å². The highest BCUT2D eigenvalue weighted by Crippen LogP contribution is 2.45. The molecule has 0 aromatic heterocycles. The van der Waals surface area contributed by atoms with Crippen LogP contribution in [-0.2, 0) is 16.0 Å². The average Bonchev–Trinajstić information content (AvgIpc) is 3.13. The van der Waals surface area contributed by atoms with Crippen molar-refractivity contribution >= 4 is 17.6 Å². The summed E-state index contributed by atoms with van der Waals surface area (Å²) in [6, 6.07) is 6.40. The summed E-state index contributed by atoms with van der Waals surface area (Å²) < 4.78 is 10.8. The molecule has 1 heterocycles. The third kappa shape index (κ3) is 5.06. The lowest BCUT2D eigenvalue weighted by atomic mass is 9.67. The lowest BCUT2D eigenvalue weighted by molar-refractivity contribution is -0.138. The van der Waals surface area contributed by atoms with Crippen molar-refractivity contribution in [2.45, 2.75) is 51.0 Å². The molecule has 3 rings (SSSR count). The van der Waals surface area contributed by atoms with Crippen LogP contribution in [-0.4, -0.2) is 49.5 Å². The maximum Gasteiger partial charge on any atom is 0.303 e. The zero-order chi connectivity index (χ0) is 20.9. The molecule has 2 fully saturated rings. The first-order chi connectivity index (χ1) is 14.0. The van der Waals surface area contributed by atoms with E-state index in [0.29, 0.717) is 6.04 Å². The number of methoxy groups -OCH3 is 2. The van der Waals surface area contributed by atoms with E-state index in [-0.39, 0.29) is 24.2 Å². The van der Waals surface area contributed by atoms with Crippen molar-refractivity contribution < 1.29 is 24.2 Å². The van der Waals surface area contributed by atoms with Crippen molar-refractivity contribution in [1.29, 1.82) is 0 Å². The van der Waals surface area contributed by atoms with E-state index >= 15 is 0 Å². The van der Waals surface area contributed by atoms with Gasteiger partial charge in [-0.3, -0.25) is 9.59 Å². The van der Waals surface area contributed by atoms with Crippen LogP contribution in [0.25, 0.3) is 0 Å². The second kappa shape index (κ2) is 9.26. The molecule has 0 radical (unpaired) electrons. The van der Waals surface area contributed by atoms with Crippen LogP contribution >= 0.6 is 0 Å². The van der Waals surface area contributed by atoms with E-state index in [4.69, 9.17) is 14.6 Å². The number of carbonyl (C=O) groups excluding carboxylic acids is 1. The number of rotatable bonds is 8. The quantitative estimate of drug-likeness (QED) is 0.574. The molecule has 8 heteroatoms. The van der Waals surface area contributed by atoms with Gasteiger partial charge < -0.3 is 19.9 Å². The lowest BCUT2D eigenvalue weighted by Gasteiger charge is -2.40. The number of carboxylic acids is 1. The molecule has 2 aliphatic rings. The normalized spacial score (nSPS) is 24.8. The summed E-state index contributed by atoms with van der Waals surface area (Å²) in [6.07, 6.45) is 4.40. The van der Waals surface area contributed by atoms with Crippen molar-refractivity contribution in [2.75, 3.05) is 20.8 Å². The maximum absolute atomic E-state index is 11.7. The van der Waals surface area contributed by atoms with Crippen molar-refractivity contribution in [1.82, 2.24) is 10.7 Å². The van der Waals surface area contributed by atoms with E-state index in [1.807, 2.05) is 6.07 Å². The van der Waals surface area contributed by atoms with Gasteiger partial charge in [0.2, 0.25) is 5.91 Å². The number of nitrogens with one attached hydrogen (secondary N) is 2. The Morgan fingerprint density at radius 1 is 1.24 bits per heavy atom. The number of hydrogen-bond acceptors (Lipinski definition) is 6. The van der Waals surface area contributed by atoms with Crippen LogP contribution in [0, 0.1) is 5.41 Å². The Bertz CT molecular complexity index is 795. The highest BCUT2D eigenvalue weighted by molar-refractivity contribution is 5.88. The predicted molar refractivity (Wildman–Crippen MR) is 108 cm³/mol. The fraction of sp³-hybridized carbons (Fsp3) is 0.571. The molecular weight excluding hydrogens is 374 g/mol. The summed E-state index contributed by atoms with van der Waals surface area (Å²) in [6.45, 7) is 0.968. The van der Waals surface area contributed by atoms with E-state index in [1.54, 1.807) is 14.2 Å². The van der Waals surface area contributed by atoms with Gasteiger partial charge in [-0.25, -0.2) is 5.43 Å². The lowest BCUT2D eigenvalue weighted by Crippen LogP contribution is -2.44. The molecule has 1 aliphatic heterocycles. The number of amides is 1. The summed E-state index contributed by atoms with van der Waals surface area (Å²) in [5.41, 5.74) is 4.84. The molecule has 1 saturated heterocycles. The molecule has 1 aliphatic carbocycles. The fourth-order valence-corrected chi connectivity index (χ4v) is 4.42. The van der Waals surface area contributed by atoms with E-state index in [2.05, 4.69) is 28.0 Å². The predicted octanol–water partition coefficient (Wildman–Crippen LogP) is 2.12. The first kappa shape index (κ1) is 21.1. The Hall–Kier alpha value is -2.61. The second-order valence-electron chi connectivity index (χ2n) is 7.80. The Kier molecular flexibility index (Phi) is 6.74. The SMILES string of the molecule is COc1ccc(C[C@@]23CCN[C@H]2CC(=NNC(=O)CCC(=O)O)CC3)cc1OC. The van der Waals surface area contributed by atoms with E-state index in [9.17, 15) is 9.59 Å². The van der Waals surface area contributed by atoms with Gasteiger partial charge in [-0.2, -0.15) is 5.10 Å². The van der Waals surface area contributed by atoms with Crippen LogP contribution in [0.4, 0.5) is 0 Å². The number of hydrogen-bond donors (Lipinski definition) is 3. The number of ether oxygens (including phenoxy) is 2. The summed E-state index contributed by atoms with van der Waals surface area (Å²) in [4.78, 5) is 22.3. The topological polar surface area (TPSA) is 109 Å². The molecule has 158 valence electrons. The van der Waals surface area contributed by atoms with Gasteiger partial charge in [0.1, 0.15) is 0 Å². The molecule has 1 amide bonds. The highest BCUT2D eigenvalue weighted by Gasteiger charge is 2.45. The summed E-state index contributed by atoms with van der Waals surface area (Å²) in [5, 5.41) is 16.5. The van der Waals surface area contributed by atoms with Gasteiger partial charge in [-0.05, 0) is 55.3 Å². The van der Waals surface area contributed by atoms with E-state index in [0.717, 1.165) is 55.9 Å². The van der Waals surface area contributed by atoms with Crippen LogP contribution in [0.2, 0.25) is 0 Å². The number of benzene rings is 1. The molecule has 0 unspecified atom stereocenters. The van der Waals surface area contributed by atoms with Gasteiger partial charge in [0.15, 0.2) is 11.5 Å². The number of hydrazone groups is 1. The monoisotopic (exact) mass is 403 g/mol. The van der Waals surface area contributed by atoms with Crippen LogP contribution in [0.15, 0.2) is 23.3 Å². The summed E-state index contributed by atoms with van der Waals surface area (Å²) >= 11 is 0. The van der Waals surface area contributed by atoms with Crippen LogP contribution in [0.1, 0.15) is 44.1 Å². The van der Waals surface area contributed by atoms with Crippen LogP contribution < -0.4 is 20.2 Å². The fourth-order valence-electron chi connectivity index (χ4n) is 4.42. The highest BCUT2D eigenvalue weighted by atomic mass is 16.5. The first-order valence-corrected chi connectivity index (χ1v) is 9.96. The minimum absolute atomic E-state index is 0.0585. The number of fused-ring (bicyclic) bond motifs is 1. The zero-order valence-corrected chi connectivity index (χ0v) is 17.0. The Morgan fingerprint density at radius 3 is 2.76 bits per heavy atom. The van der Waals surface area contributed by atoms with Gasteiger partial charge in [0, 0.05) is 24.6 Å². The van der Waals surface area contributed by atoms with Gasteiger partial charge in [-0.15, -0.1) is 0 Å². The number of aliphatic carboxylic acids is 1. The third-order valence-electron chi connectivity index (χ3n) is 6.01. The standard InChI is InChI=1S/C21H29N3O5/c1-28-16-4-3-14(11-17(16)29-2)13-21-8-7-15(12-18(21)22-10-9-21)23-24-19(25)5-6-20(26)27/h3-4,11,18,22H,5-10,12-13H2,1-2H3,(H,24,25)(H,26,27)/t18-,21+/m0/s1. The van der Waals surface area contributed by atoms with Crippen molar-refractivity contribution in [3.63, 3.8) is 0 Å². The minimum atomic E-state index is -0.986. The molecule has 0 bridgehead atoms. The molecule has 2 atom stereocenters. The van der Waals surface area contributed by atoms with Gasteiger partial charge >= 0.3 is 5.97 Å². The van der Waals surface area contributed by atoms with Crippen LogP contribution in [0.5, 0.6) is 11.5 Å². The average molecular weight is 403 g/mol. The van der Waals surface area contributed by atoms with Crippen molar-refractivity contribution in [3.8, 4) is 11.5 Å². The van der Waals surface area contributed by atoms with Crippen molar-refractivity contribution in [2.24, 2.45) is 10.5 Å². The molecule has 29 heavy (non-hydrogen) atoms. The maximum atomic E-state index is 11.7. The molecule has 1 aromatic carbocycles. The molecule has 8 nitrogen and oxygen atoms in total. The molecule has 1 saturated carbocycles. The van der Waals surface area contributed by atoms with Gasteiger partial charge in [-0.1, -0.05) is 6.07 Å². The number of nitrogens with zero attached hydrogens (tertiary/aromatic N) is 1. The molecule has 0 spiro atoms. The minimum Gasteiger partial charge on any atom is -0.493 e. The van der Waals surface area contributed by atoms with E-state index < -0.39 is 5.97 Å². The number of carbonyl (C=O) groups is 2. The molecule has 1 aromatic rings. The Balaban J connectivity index is 1.64. The first-order valence-electron chi connectivity index (χ1n) is 9.96. The second-order valence-corrected chi connectivity index (χ2v) is 7.80. The van der Waals surface area contributed by atoms with Crippen molar-refractivity contribution in [3.05, 3.63) is 23.8 Å². The summed E-state index contributed by atoms with van der Waals surface area (Å²) in [5.74, 6) is 0.125. The van der Waals surface area contributed by atoms with Gasteiger partial charge in [0.25, 0.3) is 0 Å². The Labute approximate surface area is 170 Å². The van der Waals surface area contributed by atoms with Crippen LogP contribution in [0.3, 0.4) is 0 Å². The zero-order valence-electron chi connectivity index (χ0n) is 17.0. The largest absolute Gasteiger partial charge is 0.493 e.